The number of hydrogen-bond donors (Lipinski definition) is 0. The normalized spacial score (nSPS) is 14.6. The molecule has 142 valence electrons. The van der Waals surface area contributed by atoms with Crippen LogP contribution in [-0.2, 0) is 6.54 Å². The fourth-order valence-corrected chi connectivity index (χ4v) is 4.09. The monoisotopic (exact) mass is 485 g/mol. The number of amides is 2. The fourth-order valence-electron chi connectivity index (χ4n) is 3.73. The smallest absolute Gasteiger partial charge is 0.261 e. The van der Waals surface area contributed by atoms with Crippen LogP contribution in [0.1, 0.15) is 57.6 Å². The molecule has 0 spiro atoms. The van der Waals surface area contributed by atoms with Gasteiger partial charge < -0.3 is 4.42 Å². The summed E-state index contributed by atoms with van der Waals surface area (Å²) >= 11 is 2.29. The van der Waals surface area contributed by atoms with Crippen molar-refractivity contribution in [3.63, 3.8) is 0 Å². The fraction of sp³-hybridized carbons (Fsp3) is 0.217. The third-order valence-electron chi connectivity index (χ3n) is 5.08. The van der Waals surface area contributed by atoms with Gasteiger partial charge in [0.25, 0.3) is 11.8 Å². The first-order valence-electron chi connectivity index (χ1n) is 9.25. The van der Waals surface area contributed by atoms with E-state index in [1.54, 1.807) is 24.3 Å². The molecule has 0 fully saturated rings. The molecule has 1 unspecified atom stereocenters. The molecule has 28 heavy (non-hydrogen) atoms. The topological polar surface area (TPSA) is 50.5 Å². The van der Waals surface area contributed by atoms with Gasteiger partial charge in [0.1, 0.15) is 11.5 Å². The van der Waals surface area contributed by atoms with Gasteiger partial charge in [-0.2, -0.15) is 0 Å². The van der Waals surface area contributed by atoms with Gasteiger partial charge in [-0.1, -0.05) is 38.1 Å². The molecule has 0 saturated heterocycles. The molecule has 0 bridgehead atoms. The molecule has 4 nitrogen and oxygen atoms in total. The Morgan fingerprint density at radius 2 is 1.50 bits per heavy atom. The van der Waals surface area contributed by atoms with Gasteiger partial charge in [-0.05, 0) is 70.5 Å². The summed E-state index contributed by atoms with van der Waals surface area (Å²) in [5.41, 5.74) is 2.11. The van der Waals surface area contributed by atoms with Crippen LogP contribution >= 0.6 is 22.6 Å². The quantitative estimate of drug-likeness (QED) is 0.356. The van der Waals surface area contributed by atoms with Gasteiger partial charge in [-0.3, -0.25) is 14.5 Å². The van der Waals surface area contributed by atoms with Crippen molar-refractivity contribution in [2.45, 2.75) is 26.3 Å². The highest BCUT2D eigenvalue weighted by Gasteiger charge is 2.35. The molecule has 1 aliphatic rings. The van der Waals surface area contributed by atoms with Crippen LogP contribution in [0.5, 0.6) is 0 Å². The average Bonchev–Trinajstić information content (AvgIpc) is 3.23. The van der Waals surface area contributed by atoms with E-state index >= 15 is 0 Å². The molecule has 3 aromatic rings. The number of furan rings is 1. The molecule has 1 aromatic heterocycles. The van der Waals surface area contributed by atoms with Crippen molar-refractivity contribution in [3.05, 3.63) is 92.4 Å². The predicted octanol–water partition coefficient (Wildman–Crippen LogP) is 5.47. The third kappa shape index (κ3) is 3.39. The first-order chi connectivity index (χ1) is 13.5. The number of carbonyl (C=O) groups excluding carboxylic acids is 2. The van der Waals surface area contributed by atoms with E-state index in [0.717, 1.165) is 5.76 Å². The summed E-state index contributed by atoms with van der Waals surface area (Å²) in [6, 6.07) is 19.2. The summed E-state index contributed by atoms with van der Waals surface area (Å²) in [5.74, 6) is 1.39. The van der Waals surface area contributed by atoms with Crippen molar-refractivity contribution in [1.82, 2.24) is 4.90 Å². The Balaban J connectivity index is 1.58. The van der Waals surface area contributed by atoms with Gasteiger partial charge in [-0.25, -0.2) is 0 Å². The highest BCUT2D eigenvalue weighted by atomic mass is 127. The molecule has 0 aliphatic carbocycles. The van der Waals surface area contributed by atoms with Gasteiger partial charge >= 0.3 is 0 Å². The number of imide groups is 1. The minimum atomic E-state index is -0.267. The number of hydrogen-bond acceptors (Lipinski definition) is 3. The van der Waals surface area contributed by atoms with Crippen molar-refractivity contribution >= 4 is 34.4 Å². The Morgan fingerprint density at radius 1 is 0.893 bits per heavy atom. The summed E-state index contributed by atoms with van der Waals surface area (Å²) in [6.07, 6.45) is 0. The first-order valence-corrected chi connectivity index (χ1v) is 10.3. The van der Waals surface area contributed by atoms with E-state index < -0.39 is 0 Å². The average molecular weight is 485 g/mol. The zero-order valence-electron chi connectivity index (χ0n) is 15.7. The van der Waals surface area contributed by atoms with E-state index in [1.165, 1.54) is 14.0 Å². The Hall–Kier alpha value is -2.41. The van der Waals surface area contributed by atoms with Crippen LogP contribution in [0.3, 0.4) is 0 Å². The number of nitrogens with zero attached hydrogens (tertiary/aromatic N) is 1. The number of halogens is 1. The van der Waals surface area contributed by atoms with Crippen molar-refractivity contribution in [3.8, 4) is 0 Å². The van der Waals surface area contributed by atoms with Crippen LogP contribution < -0.4 is 0 Å². The maximum atomic E-state index is 12.6. The molecule has 1 atom stereocenters. The third-order valence-corrected chi connectivity index (χ3v) is 5.80. The summed E-state index contributed by atoms with van der Waals surface area (Å²) < 4.78 is 7.29. The molecule has 0 radical (unpaired) electrons. The van der Waals surface area contributed by atoms with Gasteiger partial charge in [-0.15, -0.1) is 0 Å². The highest BCUT2D eigenvalue weighted by Crippen LogP contribution is 2.34. The minimum Gasteiger partial charge on any atom is -0.464 e. The summed E-state index contributed by atoms with van der Waals surface area (Å²) in [6.45, 7) is 4.47. The van der Waals surface area contributed by atoms with E-state index in [-0.39, 0.29) is 24.3 Å². The van der Waals surface area contributed by atoms with Crippen LogP contribution in [0.4, 0.5) is 0 Å². The summed E-state index contributed by atoms with van der Waals surface area (Å²) in [7, 11) is 0. The summed E-state index contributed by atoms with van der Waals surface area (Å²) in [5, 5.41) is 0. The van der Waals surface area contributed by atoms with Gasteiger partial charge in [0.2, 0.25) is 0 Å². The van der Waals surface area contributed by atoms with Crippen molar-refractivity contribution in [1.29, 1.82) is 0 Å². The van der Waals surface area contributed by atoms with Crippen molar-refractivity contribution in [2.75, 3.05) is 0 Å². The van der Waals surface area contributed by atoms with Crippen LogP contribution in [0.2, 0.25) is 0 Å². The zero-order valence-corrected chi connectivity index (χ0v) is 17.8. The van der Waals surface area contributed by atoms with Gasteiger partial charge in [0, 0.05) is 9.49 Å². The molecule has 2 heterocycles. The van der Waals surface area contributed by atoms with E-state index in [9.17, 15) is 9.59 Å². The standard InChI is InChI=1S/C23H20INO3/c1-14(2)21(15-7-9-16(24)10-8-15)20-12-11-17(28-20)13-25-22(26)18-5-3-4-6-19(18)23(25)27/h3-12,14,21H,13H2,1-2H3. The molecule has 1 aliphatic heterocycles. The molecule has 5 heteroatoms. The highest BCUT2D eigenvalue weighted by molar-refractivity contribution is 14.1. The molecular weight excluding hydrogens is 465 g/mol. The van der Waals surface area contributed by atoms with Crippen LogP contribution in [0.15, 0.2) is 65.1 Å². The second kappa shape index (κ2) is 7.54. The Bertz CT molecular complexity index is 1000. The maximum Gasteiger partial charge on any atom is 0.261 e. The van der Waals surface area contributed by atoms with E-state index in [0.29, 0.717) is 22.8 Å². The second-order valence-corrected chi connectivity index (χ2v) is 8.56. The van der Waals surface area contributed by atoms with E-state index in [4.69, 9.17) is 4.42 Å². The first kappa shape index (κ1) is 18.9. The minimum absolute atomic E-state index is 0.118. The number of rotatable bonds is 5. The molecular formula is C23H20INO3. The van der Waals surface area contributed by atoms with E-state index in [1.807, 2.05) is 12.1 Å². The molecule has 0 N–H and O–H groups in total. The van der Waals surface area contributed by atoms with Crippen LogP contribution in [0, 0.1) is 9.49 Å². The second-order valence-electron chi connectivity index (χ2n) is 7.32. The molecule has 4 rings (SSSR count). The summed E-state index contributed by atoms with van der Waals surface area (Å²) in [4.78, 5) is 26.4. The van der Waals surface area contributed by atoms with Gasteiger partial charge in [0.05, 0.1) is 17.7 Å². The zero-order chi connectivity index (χ0) is 19.8. The molecule has 2 amide bonds. The molecule has 0 saturated carbocycles. The van der Waals surface area contributed by atoms with E-state index in [2.05, 4.69) is 60.7 Å². The number of carbonyl (C=O) groups is 2. The Labute approximate surface area is 177 Å². The Morgan fingerprint density at radius 3 is 2.07 bits per heavy atom. The van der Waals surface area contributed by atoms with Crippen LogP contribution in [0.25, 0.3) is 0 Å². The molecule has 2 aromatic carbocycles. The lowest BCUT2D eigenvalue weighted by molar-refractivity contribution is 0.0630. The number of benzene rings is 2. The lowest BCUT2D eigenvalue weighted by Gasteiger charge is -2.19. The maximum absolute atomic E-state index is 12.6. The SMILES string of the molecule is CC(C)C(c1ccc(I)cc1)c1ccc(CN2C(=O)c3ccccc3C2=O)o1. The van der Waals surface area contributed by atoms with Crippen LogP contribution in [-0.4, -0.2) is 16.7 Å². The predicted molar refractivity (Wildman–Crippen MR) is 115 cm³/mol. The van der Waals surface area contributed by atoms with Crippen molar-refractivity contribution in [2.24, 2.45) is 5.92 Å². The largest absolute Gasteiger partial charge is 0.464 e. The Kier molecular flexibility index (Phi) is 5.10. The lowest BCUT2D eigenvalue weighted by atomic mass is 9.86. The van der Waals surface area contributed by atoms with Crippen molar-refractivity contribution < 1.29 is 14.0 Å². The number of fused-ring (bicyclic) bond motifs is 1. The lowest BCUT2D eigenvalue weighted by Crippen LogP contribution is -2.28. The van der Waals surface area contributed by atoms with Gasteiger partial charge in [0.15, 0.2) is 0 Å².